The molecule has 1 aliphatic rings. The van der Waals surface area contributed by atoms with Crippen molar-refractivity contribution in [2.45, 2.75) is 33.1 Å². The van der Waals surface area contributed by atoms with Gasteiger partial charge in [0.05, 0.1) is 25.4 Å². The molecule has 0 N–H and O–H groups in total. The number of ether oxygens (including phenoxy) is 3. The van der Waals surface area contributed by atoms with Crippen molar-refractivity contribution in [3.8, 4) is 5.75 Å². The fourth-order valence-electron chi connectivity index (χ4n) is 2.71. The van der Waals surface area contributed by atoms with Crippen LogP contribution in [0.15, 0.2) is 18.2 Å². The first kappa shape index (κ1) is 18.7. The molecule has 1 aromatic carbocycles. The van der Waals surface area contributed by atoms with Crippen molar-refractivity contribution in [3.05, 3.63) is 29.3 Å². The Morgan fingerprint density at radius 1 is 1.25 bits per heavy atom. The number of nitrogens with zero attached hydrogens (tertiary/aromatic N) is 1. The minimum absolute atomic E-state index is 0.0541. The average molecular weight is 335 g/mol. The van der Waals surface area contributed by atoms with E-state index in [0.29, 0.717) is 18.8 Å². The summed E-state index contributed by atoms with van der Waals surface area (Å²) in [7, 11) is 0. The Morgan fingerprint density at radius 2 is 1.96 bits per heavy atom. The summed E-state index contributed by atoms with van der Waals surface area (Å²) in [4.78, 5) is 14.3. The number of carbonyl (C=O) groups excluding carboxylic acids is 1. The van der Waals surface area contributed by atoms with Crippen molar-refractivity contribution in [1.29, 1.82) is 0 Å². The number of carbonyl (C=O) groups is 1. The van der Waals surface area contributed by atoms with Crippen molar-refractivity contribution in [1.82, 2.24) is 4.90 Å². The molecule has 0 bridgehead atoms. The molecule has 0 saturated carbocycles. The Bertz CT molecular complexity index is 545. The summed E-state index contributed by atoms with van der Waals surface area (Å²) in [5.41, 5.74) is 1.57. The van der Waals surface area contributed by atoms with Gasteiger partial charge in [-0.1, -0.05) is 26.8 Å². The maximum absolute atomic E-state index is 12.0. The standard InChI is InChI=1S/C19H29NO4/c1-5-23-18(21)15-6-7-16(19(2,3)4)17(14-15)24-13-10-20-8-11-22-12-9-20/h6-7,14H,5,8-13H2,1-4H3. The number of morpholine rings is 1. The second-order valence-electron chi connectivity index (χ2n) is 6.98. The number of rotatable bonds is 6. The highest BCUT2D eigenvalue weighted by molar-refractivity contribution is 5.90. The van der Waals surface area contributed by atoms with E-state index in [9.17, 15) is 4.79 Å². The van der Waals surface area contributed by atoms with Gasteiger partial charge in [-0.2, -0.15) is 0 Å². The van der Waals surface area contributed by atoms with Crippen molar-refractivity contribution >= 4 is 5.97 Å². The highest BCUT2D eigenvalue weighted by Gasteiger charge is 2.21. The van der Waals surface area contributed by atoms with E-state index in [4.69, 9.17) is 14.2 Å². The van der Waals surface area contributed by atoms with Gasteiger partial charge in [-0.15, -0.1) is 0 Å². The first-order valence-corrected chi connectivity index (χ1v) is 8.66. The van der Waals surface area contributed by atoms with Crippen LogP contribution in [0.2, 0.25) is 0 Å². The molecule has 1 aliphatic heterocycles. The second-order valence-corrected chi connectivity index (χ2v) is 6.98. The van der Waals surface area contributed by atoms with Crippen LogP contribution in [0.1, 0.15) is 43.6 Å². The zero-order valence-electron chi connectivity index (χ0n) is 15.3. The third kappa shape index (κ3) is 5.21. The highest BCUT2D eigenvalue weighted by atomic mass is 16.5. The van der Waals surface area contributed by atoms with Crippen LogP contribution in [0.3, 0.4) is 0 Å². The quantitative estimate of drug-likeness (QED) is 0.748. The van der Waals surface area contributed by atoms with E-state index in [1.165, 1.54) is 0 Å². The number of esters is 1. The molecule has 0 aromatic heterocycles. The molecule has 0 spiro atoms. The van der Waals surface area contributed by atoms with Crippen LogP contribution in [0.5, 0.6) is 5.75 Å². The maximum Gasteiger partial charge on any atom is 0.338 e. The average Bonchev–Trinajstić information content (AvgIpc) is 2.55. The fourth-order valence-corrected chi connectivity index (χ4v) is 2.71. The van der Waals surface area contributed by atoms with E-state index < -0.39 is 0 Å². The third-order valence-corrected chi connectivity index (χ3v) is 4.07. The van der Waals surface area contributed by atoms with Gasteiger partial charge in [0, 0.05) is 19.6 Å². The number of hydrogen-bond acceptors (Lipinski definition) is 5. The molecule has 0 unspecified atom stereocenters. The smallest absolute Gasteiger partial charge is 0.338 e. The van der Waals surface area contributed by atoms with E-state index in [0.717, 1.165) is 44.2 Å². The lowest BCUT2D eigenvalue weighted by atomic mass is 9.86. The van der Waals surface area contributed by atoms with Gasteiger partial charge in [-0.25, -0.2) is 4.79 Å². The lowest BCUT2D eigenvalue weighted by Gasteiger charge is -2.27. The van der Waals surface area contributed by atoms with Crippen LogP contribution >= 0.6 is 0 Å². The fraction of sp³-hybridized carbons (Fsp3) is 0.632. The first-order valence-electron chi connectivity index (χ1n) is 8.66. The van der Waals surface area contributed by atoms with Crippen molar-refractivity contribution < 1.29 is 19.0 Å². The summed E-state index contributed by atoms with van der Waals surface area (Å²) in [6, 6.07) is 5.58. The zero-order valence-corrected chi connectivity index (χ0v) is 15.3. The summed E-state index contributed by atoms with van der Waals surface area (Å²) in [6.45, 7) is 13.5. The lowest BCUT2D eigenvalue weighted by Crippen LogP contribution is -2.38. The monoisotopic (exact) mass is 335 g/mol. The predicted octanol–water partition coefficient (Wildman–Crippen LogP) is 2.87. The Hall–Kier alpha value is -1.59. The summed E-state index contributed by atoms with van der Waals surface area (Å²) in [5, 5.41) is 0. The molecule has 1 aromatic rings. The molecule has 134 valence electrons. The van der Waals surface area contributed by atoms with E-state index >= 15 is 0 Å². The Labute approximate surface area is 144 Å². The zero-order chi connectivity index (χ0) is 17.6. The molecule has 0 amide bonds. The van der Waals surface area contributed by atoms with Crippen LogP contribution in [-0.2, 0) is 14.9 Å². The van der Waals surface area contributed by atoms with Crippen LogP contribution in [-0.4, -0.2) is 56.9 Å². The van der Waals surface area contributed by atoms with Gasteiger partial charge in [0.2, 0.25) is 0 Å². The Kier molecular flexibility index (Phi) is 6.63. The van der Waals surface area contributed by atoms with E-state index in [-0.39, 0.29) is 11.4 Å². The second kappa shape index (κ2) is 8.49. The number of benzene rings is 1. The van der Waals surface area contributed by atoms with E-state index in [1.807, 2.05) is 12.1 Å². The molecule has 2 rings (SSSR count). The third-order valence-electron chi connectivity index (χ3n) is 4.07. The van der Waals surface area contributed by atoms with Crippen LogP contribution in [0.25, 0.3) is 0 Å². The van der Waals surface area contributed by atoms with Crippen molar-refractivity contribution in [3.63, 3.8) is 0 Å². The first-order chi connectivity index (χ1) is 11.4. The van der Waals surface area contributed by atoms with E-state index in [1.54, 1.807) is 13.0 Å². The molecular formula is C19H29NO4. The predicted molar refractivity (Wildman–Crippen MR) is 93.9 cm³/mol. The molecule has 0 radical (unpaired) electrons. The normalized spacial score (nSPS) is 16.0. The van der Waals surface area contributed by atoms with Gasteiger partial charge in [0.15, 0.2) is 0 Å². The van der Waals surface area contributed by atoms with Gasteiger partial charge in [-0.3, -0.25) is 4.90 Å². The van der Waals surface area contributed by atoms with Crippen LogP contribution in [0.4, 0.5) is 0 Å². The largest absolute Gasteiger partial charge is 0.492 e. The van der Waals surface area contributed by atoms with Crippen molar-refractivity contribution in [2.75, 3.05) is 46.1 Å². The minimum atomic E-state index is -0.309. The summed E-state index contributed by atoms with van der Waals surface area (Å²) >= 11 is 0. The SMILES string of the molecule is CCOC(=O)c1ccc(C(C)(C)C)c(OCCN2CCOCC2)c1. The summed E-state index contributed by atoms with van der Waals surface area (Å²) < 4.78 is 16.5. The van der Waals surface area contributed by atoms with Gasteiger partial charge >= 0.3 is 5.97 Å². The lowest BCUT2D eigenvalue weighted by molar-refractivity contribution is 0.0321. The molecule has 0 aliphatic carbocycles. The molecule has 1 heterocycles. The highest BCUT2D eigenvalue weighted by Crippen LogP contribution is 2.32. The summed E-state index contributed by atoms with van der Waals surface area (Å²) in [6.07, 6.45) is 0. The Balaban J connectivity index is 2.08. The number of hydrogen-bond donors (Lipinski definition) is 0. The molecule has 0 atom stereocenters. The van der Waals surface area contributed by atoms with Gasteiger partial charge in [-0.05, 0) is 30.0 Å². The minimum Gasteiger partial charge on any atom is -0.492 e. The molecule has 1 saturated heterocycles. The van der Waals surface area contributed by atoms with Crippen LogP contribution < -0.4 is 4.74 Å². The Morgan fingerprint density at radius 3 is 2.58 bits per heavy atom. The molecule has 5 nitrogen and oxygen atoms in total. The summed E-state index contributed by atoms with van der Waals surface area (Å²) in [5.74, 6) is 0.456. The van der Waals surface area contributed by atoms with Crippen LogP contribution in [0, 0.1) is 0 Å². The molecule has 5 heteroatoms. The molecule has 24 heavy (non-hydrogen) atoms. The molecule has 1 fully saturated rings. The van der Waals surface area contributed by atoms with Gasteiger partial charge in [0.25, 0.3) is 0 Å². The maximum atomic E-state index is 12.0. The van der Waals surface area contributed by atoms with Gasteiger partial charge < -0.3 is 14.2 Å². The molecular weight excluding hydrogens is 306 g/mol. The van der Waals surface area contributed by atoms with Crippen molar-refractivity contribution in [2.24, 2.45) is 0 Å². The van der Waals surface area contributed by atoms with E-state index in [2.05, 4.69) is 25.7 Å². The van der Waals surface area contributed by atoms with Gasteiger partial charge in [0.1, 0.15) is 12.4 Å². The topological polar surface area (TPSA) is 48.0 Å².